The van der Waals surface area contributed by atoms with Crippen LogP contribution in [0.1, 0.15) is 15.9 Å². The molecule has 0 unspecified atom stereocenters. The maximum Gasteiger partial charge on any atom is 0.258 e. The second-order valence-electron chi connectivity index (χ2n) is 4.21. The second-order valence-corrected chi connectivity index (χ2v) is 4.21. The highest BCUT2D eigenvalue weighted by Gasteiger charge is 2.13. The summed E-state index contributed by atoms with van der Waals surface area (Å²) >= 11 is 0. The molecule has 2 rings (SSSR count). The average Bonchev–Trinajstić information content (AvgIpc) is 2.35. The van der Waals surface area contributed by atoms with E-state index in [1.807, 2.05) is 0 Å². The molecular formula is C14H13FN2O2. The minimum absolute atomic E-state index is 0.00256. The minimum atomic E-state index is -0.597. The van der Waals surface area contributed by atoms with Gasteiger partial charge in [-0.3, -0.25) is 4.79 Å². The van der Waals surface area contributed by atoms with Crippen LogP contribution in [0.3, 0.4) is 0 Å². The molecule has 0 atom stereocenters. The third-order valence-corrected chi connectivity index (χ3v) is 2.65. The number of hydrogen-bond acceptors (Lipinski definition) is 3. The van der Waals surface area contributed by atoms with Crippen LogP contribution >= 0.6 is 0 Å². The maximum atomic E-state index is 13.6. The van der Waals surface area contributed by atoms with Gasteiger partial charge < -0.3 is 16.2 Å². The Labute approximate surface area is 109 Å². The van der Waals surface area contributed by atoms with Crippen molar-refractivity contribution in [3.63, 3.8) is 0 Å². The fraction of sp³-hybridized carbons (Fsp3) is 0.0714. The van der Waals surface area contributed by atoms with E-state index in [1.54, 1.807) is 13.0 Å². The fourth-order valence-electron chi connectivity index (χ4n) is 1.67. The minimum Gasteiger partial charge on any atom is -0.508 e. The maximum absolute atomic E-state index is 13.6. The highest BCUT2D eigenvalue weighted by atomic mass is 19.1. The van der Waals surface area contributed by atoms with E-state index in [0.717, 1.165) is 5.56 Å². The highest BCUT2D eigenvalue weighted by molar-refractivity contribution is 6.06. The molecule has 5 heteroatoms. The Hall–Kier alpha value is -2.56. The zero-order chi connectivity index (χ0) is 14.0. The third-order valence-electron chi connectivity index (χ3n) is 2.65. The lowest BCUT2D eigenvalue weighted by molar-refractivity contribution is 0.102. The lowest BCUT2D eigenvalue weighted by Crippen LogP contribution is -2.15. The second kappa shape index (κ2) is 4.97. The van der Waals surface area contributed by atoms with E-state index in [9.17, 15) is 14.3 Å². The number of carbonyl (C=O) groups excluding carboxylic acids is 1. The summed E-state index contributed by atoms with van der Waals surface area (Å²) in [7, 11) is 0. The van der Waals surface area contributed by atoms with Crippen LogP contribution in [0.25, 0.3) is 0 Å². The summed E-state index contributed by atoms with van der Waals surface area (Å²) in [5.74, 6) is -1.18. The first kappa shape index (κ1) is 12.9. The number of aromatic hydroxyl groups is 1. The van der Waals surface area contributed by atoms with E-state index in [0.29, 0.717) is 5.69 Å². The summed E-state index contributed by atoms with van der Waals surface area (Å²) in [5, 5.41) is 11.7. The van der Waals surface area contributed by atoms with E-state index < -0.39 is 11.7 Å². The Kier molecular flexibility index (Phi) is 3.37. The number of nitrogen functional groups attached to an aromatic ring is 1. The molecule has 0 aromatic heterocycles. The van der Waals surface area contributed by atoms with Crippen molar-refractivity contribution in [2.45, 2.75) is 6.92 Å². The van der Waals surface area contributed by atoms with Gasteiger partial charge in [-0.2, -0.15) is 0 Å². The van der Waals surface area contributed by atoms with E-state index in [4.69, 9.17) is 5.73 Å². The Morgan fingerprint density at radius 3 is 2.68 bits per heavy atom. The van der Waals surface area contributed by atoms with Gasteiger partial charge >= 0.3 is 0 Å². The molecule has 0 spiro atoms. The first-order chi connectivity index (χ1) is 8.97. The number of rotatable bonds is 2. The van der Waals surface area contributed by atoms with Crippen LogP contribution in [0.4, 0.5) is 15.8 Å². The van der Waals surface area contributed by atoms with Gasteiger partial charge in [0.2, 0.25) is 0 Å². The molecule has 0 aliphatic carbocycles. The van der Waals surface area contributed by atoms with E-state index in [-0.39, 0.29) is 17.0 Å². The number of hydrogen-bond donors (Lipinski definition) is 3. The summed E-state index contributed by atoms with van der Waals surface area (Å²) in [4.78, 5) is 12.0. The molecule has 4 nitrogen and oxygen atoms in total. The number of benzene rings is 2. The van der Waals surface area contributed by atoms with Crippen LogP contribution in [0.15, 0.2) is 36.4 Å². The molecule has 0 saturated heterocycles. The number of anilines is 2. The van der Waals surface area contributed by atoms with E-state index >= 15 is 0 Å². The summed E-state index contributed by atoms with van der Waals surface area (Å²) in [6.07, 6.45) is 0. The number of amides is 1. The largest absolute Gasteiger partial charge is 0.508 e. The SMILES string of the molecule is Cc1ccc(F)c(C(=O)Nc2ccc(O)cc2N)c1. The first-order valence-electron chi connectivity index (χ1n) is 5.63. The zero-order valence-corrected chi connectivity index (χ0v) is 10.3. The quantitative estimate of drug-likeness (QED) is 0.574. The molecule has 0 heterocycles. The van der Waals surface area contributed by atoms with E-state index in [2.05, 4.69) is 5.32 Å². The molecule has 0 radical (unpaired) electrons. The molecule has 2 aromatic rings. The smallest absolute Gasteiger partial charge is 0.258 e. The van der Waals surface area contributed by atoms with Gasteiger partial charge in [0.25, 0.3) is 5.91 Å². The molecular weight excluding hydrogens is 247 g/mol. The highest BCUT2D eigenvalue weighted by Crippen LogP contribution is 2.24. The van der Waals surface area contributed by atoms with Crippen molar-refractivity contribution < 1.29 is 14.3 Å². The normalized spacial score (nSPS) is 10.2. The van der Waals surface area contributed by atoms with Crippen molar-refractivity contribution in [2.75, 3.05) is 11.1 Å². The van der Waals surface area contributed by atoms with Crippen LogP contribution < -0.4 is 11.1 Å². The predicted molar refractivity (Wildman–Crippen MR) is 71.6 cm³/mol. The topological polar surface area (TPSA) is 75.3 Å². The van der Waals surface area contributed by atoms with Gasteiger partial charge in [-0.05, 0) is 31.2 Å². The molecule has 0 aliphatic heterocycles. The number of nitrogens with one attached hydrogen (secondary N) is 1. The van der Waals surface area contributed by atoms with Crippen LogP contribution in [0.2, 0.25) is 0 Å². The van der Waals surface area contributed by atoms with Gasteiger partial charge in [0.15, 0.2) is 0 Å². The van der Waals surface area contributed by atoms with Crippen LogP contribution in [0, 0.1) is 12.7 Å². The van der Waals surface area contributed by atoms with Crippen molar-refractivity contribution in [3.05, 3.63) is 53.3 Å². The molecule has 19 heavy (non-hydrogen) atoms. The van der Waals surface area contributed by atoms with Gasteiger partial charge in [-0.1, -0.05) is 11.6 Å². The zero-order valence-electron chi connectivity index (χ0n) is 10.3. The Morgan fingerprint density at radius 2 is 2.00 bits per heavy atom. The molecule has 0 aliphatic rings. The molecule has 0 fully saturated rings. The number of halogens is 1. The summed E-state index contributed by atoms with van der Waals surface area (Å²) < 4.78 is 13.6. The van der Waals surface area contributed by atoms with E-state index in [1.165, 1.54) is 30.3 Å². The Bertz CT molecular complexity index is 641. The van der Waals surface area contributed by atoms with Gasteiger partial charge in [0.1, 0.15) is 11.6 Å². The molecule has 1 amide bonds. The molecule has 98 valence electrons. The standard InChI is InChI=1S/C14H13FN2O2/c1-8-2-4-11(15)10(6-8)14(19)17-13-5-3-9(18)7-12(13)16/h2-7,18H,16H2,1H3,(H,17,19). The van der Waals surface area contributed by atoms with Crippen molar-refractivity contribution in [1.82, 2.24) is 0 Å². The third kappa shape index (κ3) is 2.82. The van der Waals surface area contributed by atoms with Crippen molar-refractivity contribution in [2.24, 2.45) is 0 Å². The van der Waals surface area contributed by atoms with Crippen molar-refractivity contribution >= 4 is 17.3 Å². The van der Waals surface area contributed by atoms with Crippen molar-refractivity contribution in [3.8, 4) is 5.75 Å². The van der Waals surface area contributed by atoms with Gasteiger partial charge in [-0.25, -0.2) is 4.39 Å². The number of phenolic OH excluding ortho intramolecular Hbond substituents is 1. The molecule has 0 bridgehead atoms. The molecule has 4 N–H and O–H groups in total. The number of carbonyl (C=O) groups is 1. The van der Waals surface area contributed by atoms with Crippen LogP contribution in [-0.4, -0.2) is 11.0 Å². The number of phenols is 1. The molecule has 0 saturated carbocycles. The predicted octanol–water partition coefficient (Wildman–Crippen LogP) is 2.67. The summed E-state index contributed by atoms with van der Waals surface area (Å²) in [5.41, 5.74) is 6.91. The monoisotopic (exact) mass is 260 g/mol. The lowest BCUT2D eigenvalue weighted by Gasteiger charge is -2.09. The lowest BCUT2D eigenvalue weighted by atomic mass is 10.1. The average molecular weight is 260 g/mol. The van der Waals surface area contributed by atoms with Crippen molar-refractivity contribution in [1.29, 1.82) is 0 Å². The van der Waals surface area contributed by atoms with Crippen LogP contribution in [-0.2, 0) is 0 Å². The Morgan fingerprint density at radius 1 is 1.26 bits per heavy atom. The first-order valence-corrected chi connectivity index (χ1v) is 5.63. The van der Waals surface area contributed by atoms with Crippen LogP contribution in [0.5, 0.6) is 5.75 Å². The van der Waals surface area contributed by atoms with Gasteiger partial charge in [0.05, 0.1) is 16.9 Å². The number of nitrogens with two attached hydrogens (primary N) is 1. The Balaban J connectivity index is 2.28. The van der Waals surface area contributed by atoms with Gasteiger partial charge in [-0.15, -0.1) is 0 Å². The summed E-state index contributed by atoms with van der Waals surface area (Å²) in [6.45, 7) is 1.77. The fourth-order valence-corrected chi connectivity index (χ4v) is 1.67. The summed E-state index contributed by atoms with van der Waals surface area (Å²) in [6, 6.07) is 8.43. The molecule has 2 aromatic carbocycles. The number of aryl methyl sites for hydroxylation is 1. The van der Waals surface area contributed by atoms with Gasteiger partial charge in [0, 0.05) is 6.07 Å².